The van der Waals surface area contributed by atoms with Crippen LogP contribution in [0.5, 0.6) is 0 Å². The van der Waals surface area contributed by atoms with Crippen LogP contribution >= 0.6 is 0 Å². The average molecular weight is 421 g/mol. The lowest BCUT2D eigenvalue weighted by atomic mass is 10.0. The van der Waals surface area contributed by atoms with E-state index < -0.39 is 0 Å². The van der Waals surface area contributed by atoms with E-state index in [1.54, 1.807) is 0 Å². The van der Waals surface area contributed by atoms with Gasteiger partial charge in [0.25, 0.3) is 0 Å². The van der Waals surface area contributed by atoms with Crippen LogP contribution in [0.2, 0.25) is 0 Å². The Morgan fingerprint density at radius 2 is 0.903 bits per heavy atom. The molecular weight excluding hydrogens is 380 g/mol. The molecule has 0 radical (unpaired) electrons. The van der Waals surface area contributed by atoms with Crippen LogP contribution in [0.4, 0.5) is 11.4 Å². The number of nitrogens with zero attached hydrogens (tertiary/aromatic N) is 4. The van der Waals surface area contributed by atoms with Crippen molar-refractivity contribution in [2.45, 2.75) is 54.4 Å². The number of rotatable bonds is 4. The van der Waals surface area contributed by atoms with Gasteiger partial charge in [0.05, 0.1) is 20.0 Å². The molecule has 2 aliphatic heterocycles. The first kappa shape index (κ1) is 22.2. The van der Waals surface area contributed by atoms with E-state index in [4.69, 9.17) is 0 Å². The third-order valence-corrected chi connectivity index (χ3v) is 6.85. The predicted octanol–water partition coefficient (Wildman–Crippen LogP) is 5.13. The molecule has 2 heterocycles. The van der Waals surface area contributed by atoms with E-state index in [-0.39, 0.29) is 0 Å². The number of hydrogen-bond donors (Lipinski definition) is 0. The van der Waals surface area contributed by atoms with Crippen molar-refractivity contribution in [2.75, 3.05) is 56.0 Å². The summed E-state index contributed by atoms with van der Waals surface area (Å²) in [5, 5.41) is 0. The van der Waals surface area contributed by atoms with Gasteiger partial charge in [-0.1, -0.05) is 35.4 Å². The SMILES string of the molecule is Cc1cc(C)c(N2CCCN(CN3CCCN(c4c(C)cc(C)cc4C)C3)C2)c(C)c1. The average Bonchev–Trinajstić information content (AvgIpc) is 2.67. The van der Waals surface area contributed by atoms with Gasteiger partial charge in [0.15, 0.2) is 0 Å². The molecule has 0 unspecified atom stereocenters. The standard InChI is InChI=1S/C27H40N4/c1-20-13-22(3)26(23(4)14-20)30-11-7-9-28(18-30)17-29-10-8-12-31(19-29)27-24(5)15-21(2)16-25(27)6/h13-16H,7-12,17-19H2,1-6H3. The van der Waals surface area contributed by atoms with Crippen molar-refractivity contribution in [3.8, 4) is 0 Å². The van der Waals surface area contributed by atoms with Crippen LogP contribution < -0.4 is 9.80 Å². The molecule has 0 aliphatic carbocycles. The summed E-state index contributed by atoms with van der Waals surface area (Å²) in [7, 11) is 0. The number of benzene rings is 2. The number of anilines is 2. The molecule has 2 saturated heterocycles. The molecule has 0 atom stereocenters. The molecule has 4 heteroatoms. The van der Waals surface area contributed by atoms with E-state index >= 15 is 0 Å². The van der Waals surface area contributed by atoms with Gasteiger partial charge in [-0.15, -0.1) is 0 Å². The Kier molecular flexibility index (Phi) is 6.59. The zero-order valence-electron chi connectivity index (χ0n) is 20.5. The largest absolute Gasteiger partial charge is 0.358 e. The third-order valence-electron chi connectivity index (χ3n) is 6.85. The molecule has 0 saturated carbocycles. The fourth-order valence-electron chi connectivity index (χ4n) is 5.96. The Labute approximate surface area is 189 Å². The minimum atomic E-state index is 1.03. The molecule has 2 aromatic rings. The predicted molar refractivity (Wildman–Crippen MR) is 133 cm³/mol. The molecule has 2 fully saturated rings. The molecule has 0 amide bonds. The Hall–Kier alpha value is -2.04. The fourth-order valence-corrected chi connectivity index (χ4v) is 5.96. The molecule has 2 aliphatic rings. The smallest absolute Gasteiger partial charge is 0.0717 e. The van der Waals surface area contributed by atoms with E-state index in [0.717, 1.165) is 33.1 Å². The maximum Gasteiger partial charge on any atom is 0.0717 e. The van der Waals surface area contributed by atoms with Crippen molar-refractivity contribution in [3.05, 3.63) is 57.6 Å². The van der Waals surface area contributed by atoms with Crippen LogP contribution in [0.25, 0.3) is 0 Å². The second kappa shape index (κ2) is 9.22. The maximum absolute atomic E-state index is 2.64. The van der Waals surface area contributed by atoms with Gasteiger partial charge in [-0.25, -0.2) is 0 Å². The van der Waals surface area contributed by atoms with Gasteiger partial charge in [0, 0.05) is 37.6 Å². The summed E-state index contributed by atoms with van der Waals surface area (Å²) in [6.45, 7) is 21.3. The second-order valence-corrected chi connectivity index (χ2v) is 9.94. The molecule has 4 nitrogen and oxygen atoms in total. The zero-order valence-corrected chi connectivity index (χ0v) is 20.5. The maximum atomic E-state index is 2.64. The molecule has 4 rings (SSSR count). The first-order valence-corrected chi connectivity index (χ1v) is 11.9. The second-order valence-electron chi connectivity index (χ2n) is 9.94. The van der Waals surface area contributed by atoms with E-state index in [9.17, 15) is 0 Å². The van der Waals surface area contributed by atoms with E-state index in [1.807, 2.05) is 0 Å². The highest BCUT2D eigenvalue weighted by Gasteiger charge is 2.25. The van der Waals surface area contributed by atoms with Crippen LogP contribution in [-0.2, 0) is 0 Å². The molecule has 0 spiro atoms. The van der Waals surface area contributed by atoms with Crippen molar-refractivity contribution in [1.29, 1.82) is 0 Å². The molecule has 168 valence electrons. The van der Waals surface area contributed by atoms with E-state index in [0.29, 0.717) is 0 Å². The van der Waals surface area contributed by atoms with Gasteiger partial charge in [-0.05, 0) is 76.6 Å². The molecule has 31 heavy (non-hydrogen) atoms. The third kappa shape index (κ3) is 4.91. The van der Waals surface area contributed by atoms with E-state index in [1.165, 1.54) is 70.7 Å². The van der Waals surface area contributed by atoms with E-state index in [2.05, 4.69) is 85.4 Å². The fraction of sp³-hybridized carbons (Fsp3) is 0.556. The molecule has 0 bridgehead atoms. The van der Waals surface area contributed by atoms with Crippen molar-refractivity contribution >= 4 is 11.4 Å². The van der Waals surface area contributed by atoms with Crippen molar-refractivity contribution in [3.63, 3.8) is 0 Å². The summed E-state index contributed by atoms with van der Waals surface area (Å²) in [6, 6.07) is 9.32. The molecular formula is C27H40N4. The number of aryl methyl sites for hydroxylation is 6. The van der Waals surface area contributed by atoms with Gasteiger partial charge in [0.1, 0.15) is 0 Å². The van der Waals surface area contributed by atoms with Crippen LogP contribution in [0.15, 0.2) is 24.3 Å². The molecule has 0 aromatic heterocycles. The van der Waals surface area contributed by atoms with Gasteiger partial charge < -0.3 is 9.80 Å². The highest BCUT2D eigenvalue weighted by atomic mass is 15.4. The Bertz CT molecular complexity index is 813. The van der Waals surface area contributed by atoms with Crippen LogP contribution in [0, 0.1) is 41.5 Å². The Morgan fingerprint density at radius 3 is 1.26 bits per heavy atom. The Balaban J connectivity index is 1.44. The summed E-state index contributed by atoms with van der Waals surface area (Å²) in [5.41, 5.74) is 11.3. The van der Waals surface area contributed by atoms with Crippen LogP contribution in [-0.4, -0.2) is 56.0 Å². The minimum Gasteiger partial charge on any atom is -0.358 e. The summed E-state index contributed by atoms with van der Waals surface area (Å²) in [4.78, 5) is 10.5. The quantitative estimate of drug-likeness (QED) is 0.679. The van der Waals surface area contributed by atoms with Gasteiger partial charge >= 0.3 is 0 Å². The lowest BCUT2D eigenvalue weighted by Gasteiger charge is -2.44. The summed E-state index contributed by atoms with van der Waals surface area (Å²) in [5.74, 6) is 0. The van der Waals surface area contributed by atoms with Gasteiger partial charge in [0.2, 0.25) is 0 Å². The lowest BCUT2D eigenvalue weighted by Crippen LogP contribution is -2.53. The molecule has 2 aromatic carbocycles. The van der Waals surface area contributed by atoms with Gasteiger partial charge in [-0.2, -0.15) is 0 Å². The lowest BCUT2D eigenvalue weighted by molar-refractivity contribution is 0.106. The normalized spacial score (nSPS) is 18.6. The van der Waals surface area contributed by atoms with Gasteiger partial charge in [-0.3, -0.25) is 9.80 Å². The first-order valence-electron chi connectivity index (χ1n) is 11.9. The topological polar surface area (TPSA) is 13.0 Å². The van der Waals surface area contributed by atoms with Crippen LogP contribution in [0.1, 0.15) is 46.2 Å². The van der Waals surface area contributed by atoms with Crippen molar-refractivity contribution in [2.24, 2.45) is 0 Å². The minimum absolute atomic E-state index is 1.03. The monoisotopic (exact) mass is 420 g/mol. The van der Waals surface area contributed by atoms with Crippen molar-refractivity contribution < 1.29 is 0 Å². The summed E-state index contributed by atoms with van der Waals surface area (Å²) >= 11 is 0. The summed E-state index contributed by atoms with van der Waals surface area (Å²) in [6.07, 6.45) is 2.47. The highest BCUT2D eigenvalue weighted by molar-refractivity contribution is 5.61. The number of hydrogen-bond acceptors (Lipinski definition) is 4. The molecule has 0 N–H and O–H groups in total. The summed E-state index contributed by atoms with van der Waals surface area (Å²) < 4.78 is 0. The highest BCUT2D eigenvalue weighted by Crippen LogP contribution is 2.30. The first-order chi connectivity index (χ1) is 14.8. The zero-order chi connectivity index (χ0) is 22.1. The Morgan fingerprint density at radius 1 is 0.548 bits per heavy atom. The van der Waals surface area contributed by atoms with Crippen LogP contribution in [0.3, 0.4) is 0 Å². The van der Waals surface area contributed by atoms with Crippen molar-refractivity contribution in [1.82, 2.24) is 9.80 Å².